The van der Waals surface area contributed by atoms with Gasteiger partial charge in [-0.1, -0.05) is 23.2 Å². The van der Waals surface area contributed by atoms with Gasteiger partial charge in [0.15, 0.2) is 0 Å². The van der Waals surface area contributed by atoms with Crippen molar-refractivity contribution in [2.45, 2.75) is 0 Å². The lowest BCUT2D eigenvalue weighted by Gasteiger charge is -2.08. The van der Waals surface area contributed by atoms with Crippen molar-refractivity contribution in [2.24, 2.45) is 0 Å². The highest BCUT2D eigenvalue weighted by Gasteiger charge is 2.39. The van der Waals surface area contributed by atoms with E-state index in [1.165, 1.54) is 19.2 Å². The zero-order valence-corrected chi connectivity index (χ0v) is 9.09. The van der Waals surface area contributed by atoms with Gasteiger partial charge in [0.1, 0.15) is 0 Å². The zero-order valence-electron chi connectivity index (χ0n) is 7.58. The maximum absolute atomic E-state index is 11.6. The predicted molar refractivity (Wildman–Crippen MR) is 54.0 cm³/mol. The number of fused-ring (bicyclic) bond motifs is 1. The van der Waals surface area contributed by atoms with Crippen LogP contribution in [-0.4, -0.2) is 24.0 Å². The first kappa shape index (κ1) is 10.4. The minimum absolute atomic E-state index is 0.0935. The minimum atomic E-state index is -0.593. The van der Waals surface area contributed by atoms with Crippen molar-refractivity contribution in [3.63, 3.8) is 0 Å². The molecule has 0 N–H and O–H groups in total. The van der Waals surface area contributed by atoms with Gasteiger partial charge < -0.3 is 0 Å². The smallest absolute Gasteiger partial charge is 0.266 e. The van der Waals surface area contributed by atoms with E-state index in [9.17, 15) is 9.59 Å². The summed E-state index contributed by atoms with van der Waals surface area (Å²) in [6.45, 7) is 0. The number of carbonyl (C=O) groups is 2. The van der Waals surface area contributed by atoms with E-state index in [2.05, 4.69) is 4.84 Å². The summed E-state index contributed by atoms with van der Waals surface area (Å²) in [6, 6.07) is 2.93. The van der Waals surface area contributed by atoms with Gasteiger partial charge in [-0.25, -0.2) is 0 Å². The summed E-state index contributed by atoms with van der Waals surface area (Å²) in [4.78, 5) is 27.9. The van der Waals surface area contributed by atoms with Crippen molar-refractivity contribution < 1.29 is 14.4 Å². The number of amides is 2. The predicted octanol–water partition coefficient (Wildman–Crippen LogP) is 2.15. The molecule has 0 spiro atoms. The number of halogens is 2. The van der Waals surface area contributed by atoms with Crippen LogP contribution in [0.1, 0.15) is 20.7 Å². The SMILES string of the molecule is CON1C(=O)c2c(Cl)ccc(Cl)c2C1=O. The van der Waals surface area contributed by atoms with Crippen LogP contribution in [0.4, 0.5) is 0 Å². The lowest BCUT2D eigenvalue weighted by Crippen LogP contribution is -2.28. The Morgan fingerprint density at radius 3 is 1.80 bits per heavy atom. The van der Waals surface area contributed by atoms with Crippen molar-refractivity contribution in [2.75, 3.05) is 7.11 Å². The standard InChI is InChI=1S/C9H5Cl2NO3/c1-15-12-8(13)6-4(10)2-3-5(11)7(6)9(12)14/h2-3H,1H3. The van der Waals surface area contributed by atoms with Crippen LogP contribution >= 0.6 is 23.2 Å². The molecule has 0 atom stereocenters. The third-order valence-electron chi connectivity index (χ3n) is 2.08. The molecule has 1 aromatic carbocycles. The van der Waals surface area contributed by atoms with Crippen molar-refractivity contribution in [3.05, 3.63) is 33.3 Å². The number of rotatable bonds is 1. The van der Waals surface area contributed by atoms with Crippen molar-refractivity contribution in [1.29, 1.82) is 0 Å². The van der Waals surface area contributed by atoms with E-state index in [1.807, 2.05) is 0 Å². The van der Waals surface area contributed by atoms with E-state index in [1.54, 1.807) is 0 Å². The highest BCUT2D eigenvalue weighted by Crippen LogP contribution is 2.34. The van der Waals surface area contributed by atoms with Crippen molar-refractivity contribution >= 4 is 35.0 Å². The van der Waals surface area contributed by atoms with Gasteiger partial charge in [-0.15, -0.1) is 5.06 Å². The monoisotopic (exact) mass is 245 g/mol. The maximum Gasteiger partial charge on any atom is 0.287 e. The van der Waals surface area contributed by atoms with E-state index in [-0.39, 0.29) is 21.2 Å². The van der Waals surface area contributed by atoms with Gasteiger partial charge in [-0.05, 0) is 12.1 Å². The molecule has 0 saturated carbocycles. The Bertz CT molecular complexity index is 432. The molecule has 1 aliphatic rings. The molecular formula is C9H5Cl2NO3. The van der Waals surface area contributed by atoms with Gasteiger partial charge in [-0.2, -0.15) is 0 Å². The molecule has 0 radical (unpaired) electrons. The van der Waals surface area contributed by atoms with Gasteiger partial charge >= 0.3 is 0 Å². The van der Waals surface area contributed by atoms with Gasteiger partial charge in [0.25, 0.3) is 11.8 Å². The molecule has 0 fully saturated rings. The van der Waals surface area contributed by atoms with Crippen molar-refractivity contribution in [3.8, 4) is 0 Å². The molecular weight excluding hydrogens is 241 g/mol. The Balaban J connectivity index is 2.72. The Morgan fingerprint density at radius 2 is 1.47 bits per heavy atom. The number of hydrogen-bond acceptors (Lipinski definition) is 3. The summed E-state index contributed by atoms with van der Waals surface area (Å²) >= 11 is 11.6. The van der Waals surface area contributed by atoms with Gasteiger partial charge in [-0.3, -0.25) is 14.4 Å². The summed E-state index contributed by atoms with van der Waals surface area (Å²) in [7, 11) is 1.23. The maximum atomic E-state index is 11.6. The Labute approximate surface area is 95.3 Å². The number of benzene rings is 1. The molecule has 2 amide bonds. The zero-order chi connectivity index (χ0) is 11.2. The van der Waals surface area contributed by atoms with E-state index in [4.69, 9.17) is 23.2 Å². The fourth-order valence-electron chi connectivity index (χ4n) is 1.43. The first-order valence-electron chi connectivity index (χ1n) is 3.98. The lowest BCUT2D eigenvalue weighted by atomic mass is 10.1. The van der Waals surface area contributed by atoms with Crippen LogP contribution in [-0.2, 0) is 4.84 Å². The van der Waals surface area contributed by atoms with Crippen LogP contribution in [0.15, 0.2) is 12.1 Å². The average Bonchev–Trinajstić information content (AvgIpc) is 2.46. The second-order valence-electron chi connectivity index (χ2n) is 2.87. The molecule has 6 heteroatoms. The second kappa shape index (κ2) is 3.48. The molecule has 78 valence electrons. The molecule has 15 heavy (non-hydrogen) atoms. The average molecular weight is 246 g/mol. The highest BCUT2D eigenvalue weighted by molar-refractivity contribution is 6.41. The third-order valence-corrected chi connectivity index (χ3v) is 2.71. The van der Waals surface area contributed by atoms with Crippen LogP contribution < -0.4 is 0 Å². The summed E-state index contributed by atoms with van der Waals surface area (Å²) in [5.41, 5.74) is 0.187. The highest BCUT2D eigenvalue weighted by atomic mass is 35.5. The Kier molecular flexibility index (Phi) is 2.42. The number of carbonyl (C=O) groups excluding carboxylic acids is 2. The second-order valence-corrected chi connectivity index (χ2v) is 3.68. The fourth-order valence-corrected chi connectivity index (χ4v) is 1.91. The number of hydrogen-bond donors (Lipinski definition) is 0. The number of hydroxylamine groups is 2. The van der Waals surface area contributed by atoms with Crippen molar-refractivity contribution in [1.82, 2.24) is 5.06 Å². The first-order chi connectivity index (χ1) is 7.07. The molecule has 0 aromatic heterocycles. The van der Waals surface area contributed by atoms with E-state index >= 15 is 0 Å². The van der Waals surface area contributed by atoms with Crippen LogP contribution in [0.3, 0.4) is 0 Å². The molecule has 1 heterocycles. The number of nitrogens with zero attached hydrogens (tertiary/aromatic N) is 1. The van der Waals surface area contributed by atoms with Gasteiger partial charge in [0, 0.05) is 0 Å². The molecule has 2 rings (SSSR count). The number of imide groups is 1. The molecule has 1 aliphatic heterocycles. The first-order valence-corrected chi connectivity index (χ1v) is 4.74. The normalized spacial score (nSPS) is 14.7. The molecule has 0 aliphatic carbocycles. The quantitative estimate of drug-likeness (QED) is 0.713. The Morgan fingerprint density at radius 1 is 1.07 bits per heavy atom. The topological polar surface area (TPSA) is 46.6 Å². The van der Waals surface area contributed by atoms with Crippen LogP contribution in [0.2, 0.25) is 10.0 Å². The van der Waals surface area contributed by atoms with Gasteiger partial charge in [0.05, 0.1) is 28.3 Å². The largest absolute Gasteiger partial charge is 0.287 e. The summed E-state index contributed by atoms with van der Waals surface area (Å²) in [5, 5.41) is 1.00. The molecule has 0 unspecified atom stereocenters. The Hall–Kier alpha value is -1.10. The molecule has 4 nitrogen and oxygen atoms in total. The lowest BCUT2D eigenvalue weighted by molar-refractivity contribution is -0.0645. The van der Waals surface area contributed by atoms with Crippen LogP contribution in [0, 0.1) is 0 Å². The summed E-state index contributed by atoms with van der Waals surface area (Å²) in [5.74, 6) is -1.19. The van der Waals surface area contributed by atoms with Crippen LogP contribution in [0.5, 0.6) is 0 Å². The van der Waals surface area contributed by atoms with E-state index < -0.39 is 11.8 Å². The van der Waals surface area contributed by atoms with E-state index in [0.29, 0.717) is 5.06 Å². The summed E-state index contributed by atoms with van der Waals surface area (Å²) in [6.07, 6.45) is 0. The molecule has 1 aromatic rings. The minimum Gasteiger partial charge on any atom is -0.266 e. The third kappa shape index (κ3) is 1.33. The molecule has 0 bridgehead atoms. The van der Waals surface area contributed by atoms with E-state index in [0.717, 1.165) is 0 Å². The molecule has 0 saturated heterocycles. The summed E-state index contributed by atoms with van der Waals surface area (Å²) < 4.78 is 0. The van der Waals surface area contributed by atoms with Gasteiger partial charge in [0.2, 0.25) is 0 Å². The van der Waals surface area contributed by atoms with Crippen LogP contribution in [0.25, 0.3) is 0 Å². The fraction of sp³-hybridized carbons (Fsp3) is 0.111.